The van der Waals surface area contributed by atoms with Gasteiger partial charge in [-0.25, -0.2) is 0 Å². The molecule has 4 rings (SSSR count). The number of halogens is 1. The summed E-state index contributed by atoms with van der Waals surface area (Å²) < 4.78 is 5.68. The van der Waals surface area contributed by atoms with Crippen LogP contribution in [0.4, 0.5) is 5.69 Å². The average molecular weight is 298 g/mol. The lowest BCUT2D eigenvalue weighted by molar-refractivity contribution is 0.0941. The van der Waals surface area contributed by atoms with Crippen molar-refractivity contribution in [1.29, 1.82) is 0 Å². The van der Waals surface area contributed by atoms with Crippen LogP contribution in [0, 0.1) is 0 Å². The Morgan fingerprint density at radius 1 is 1.19 bits per heavy atom. The maximum atomic E-state index is 12.7. The maximum absolute atomic E-state index is 12.7. The van der Waals surface area contributed by atoms with Crippen LogP contribution < -0.4 is 5.32 Å². The Morgan fingerprint density at radius 2 is 2.05 bits per heavy atom. The molecule has 1 aromatic heterocycles. The smallest absolute Gasteiger partial charge is 0.207 e. The first kappa shape index (κ1) is 12.5. The van der Waals surface area contributed by atoms with Crippen LogP contribution in [0.2, 0.25) is 5.02 Å². The highest BCUT2D eigenvalue weighted by Gasteiger charge is 2.31. The molecule has 3 nitrogen and oxygen atoms in total. The molecule has 21 heavy (non-hydrogen) atoms. The van der Waals surface area contributed by atoms with Gasteiger partial charge in [0.25, 0.3) is 0 Å². The van der Waals surface area contributed by atoms with Crippen LogP contribution >= 0.6 is 11.6 Å². The third-order valence-corrected chi connectivity index (χ3v) is 4.19. The quantitative estimate of drug-likeness (QED) is 0.709. The molecule has 0 fully saturated rings. The molecule has 1 N–H and O–H groups in total. The van der Waals surface area contributed by atoms with Crippen molar-refractivity contribution in [3.63, 3.8) is 0 Å². The summed E-state index contributed by atoms with van der Waals surface area (Å²) in [7, 11) is 0. The summed E-state index contributed by atoms with van der Waals surface area (Å²) in [6.07, 6.45) is 0. The number of carbonyl (C=O) groups excluding carboxylic acids is 1. The van der Waals surface area contributed by atoms with E-state index >= 15 is 0 Å². The van der Waals surface area contributed by atoms with E-state index in [1.54, 1.807) is 12.1 Å². The molecule has 3 aromatic rings. The predicted molar refractivity (Wildman–Crippen MR) is 83.2 cm³/mol. The lowest BCUT2D eigenvalue weighted by Crippen LogP contribution is -2.14. The summed E-state index contributed by atoms with van der Waals surface area (Å²) in [5.41, 5.74) is 2.61. The van der Waals surface area contributed by atoms with Crippen molar-refractivity contribution in [3.8, 4) is 0 Å². The van der Waals surface area contributed by atoms with Gasteiger partial charge in [-0.2, -0.15) is 0 Å². The zero-order valence-electron chi connectivity index (χ0n) is 11.1. The third-order valence-electron chi connectivity index (χ3n) is 3.89. The van der Waals surface area contributed by atoms with E-state index in [-0.39, 0.29) is 11.7 Å². The minimum absolute atomic E-state index is 0.0142. The summed E-state index contributed by atoms with van der Waals surface area (Å²) in [4.78, 5) is 12.7. The second-order valence-corrected chi connectivity index (χ2v) is 5.56. The SMILES string of the molecule is O=C(c1cc2cccc(Cl)c2o1)C1CNc2ccccc21. The van der Waals surface area contributed by atoms with E-state index in [0.717, 1.165) is 16.6 Å². The summed E-state index contributed by atoms with van der Waals surface area (Å²) in [6, 6.07) is 15.1. The van der Waals surface area contributed by atoms with E-state index < -0.39 is 0 Å². The minimum Gasteiger partial charge on any atom is -0.451 e. The van der Waals surface area contributed by atoms with Crippen molar-refractivity contribution < 1.29 is 9.21 Å². The van der Waals surface area contributed by atoms with Crippen molar-refractivity contribution in [2.24, 2.45) is 0 Å². The van der Waals surface area contributed by atoms with Gasteiger partial charge in [0.1, 0.15) is 0 Å². The number of anilines is 1. The molecular formula is C17H12ClNO2. The monoisotopic (exact) mass is 297 g/mol. The Kier molecular flexibility index (Phi) is 2.76. The first-order valence-electron chi connectivity index (χ1n) is 6.79. The van der Waals surface area contributed by atoms with Crippen molar-refractivity contribution in [3.05, 3.63) is 64.9 Å². The van der Waals surface area contributed by atoms with E-state index in [9.17, 15) is 4.79 Å². The van der Waals surface area contributed by atoms with Gasteiger partial charge in [-0.15, -0.1) is 0 Å². The van der Waals surface area contributed by atoms with Gasteiger partial charge < -0.3 is 9.73 Å². The summed E-state index contributed by atoms with van der Waals surface area (Å²) in [5.74, 6) is 0.141. The van der Waals surface area contributed by atoms with E-state index in [0.29, 0.717) is 22.9 Å². The second-order valence-electron chi connectivity index (χ2n) is 5.15. The van der Waals surface area contributed by atoms with Crippen molar-refractivity contribution in [2.45, 2.75) is 5.92 Å². The van der Waals surface area contributed by atoms with Crippen LogP contribution in [-0.2, 0) is 0 Å². The number of Topliss-reactive ketones (excluding diaryl/α,β-unsaturated/α-hetero) is 1. The Balaban J connectivity index is 1.76. The minimum atomic E-state index is -0.208. The third kappa shape index (κ3) is 1.93. The molecule has 2 aromatic carbocycles. The maximum Gasteiger partial charge on any atom is 0.207 e. The highest BCUT2D eigenvalue weighted by atomic mass is 35.5. The molecular weight excluding hydrogens is 286 g/mol. The number of hydrogen-bond donors (Lipinski definition) is 1. The van der Waals surface area contributed by atoms with Gasteiger partial charge in [-0.1, -0.05) is 41.9 Å². The van der Waals surface area contributed by atoms with Crippen LogP contribution in [0.15, 0.2) is 52.9 Å². The molecule has 0 radical (unpaired) electrons. The van der Waals surface area contributed by atoms with Crippen LogP contribution in [0.3, 0.4) is 0 Å². The molecule has 0 saturated carbocycles. The largest absolute Gasteiger partial charge is 0.451 e. The van der Waals surface area contributed by atoms with Crippen molar-refractivity contribution >= 4 is 34.0 Å². The molecule has 4 heteroatoms. The Morgan fingerprint density at radius 3 is 2.90 bits per heavy atom. The molecule has 0 saturated heterocycles. The van der Waals surface area contributed by atoms with Gasteiger partial charge >= 0.3 is 0 Å². The lowest BCUT2D eigenvalue weighted by Gasteiger charge is -2.06. The molecule has 1 aliphatic rings. The standard InChI is InChI=1S/C17H12ClNO2/c18-13-6-3-4-10-8-15(21-17(10)13)16(20)12-9-19-14-7-2-1-5-11(12)14/h1-8,12,19H,9H2. The first-order valence-corrected chi connectivity index (χ1v) is 7.17. The van der Waals surface area contributed by atoms with E-state index in [2.05, 4.69) is 5.32 Å². The van der Waals surface area contributed by atoms with E-state index in [4.69, 9.17) is 16.0 Å². The summed E-state index contributed by atoms with van der Waals surface area (Å²) >= 11 is 6.10. The van der Waals surface area contributed by atoms with Crippen LogP contribution in [0.25, 0.3) is 11.0 Å². The summed E-state index contributed by atoms with van der Waals surface area (Å²) in [6.45, 7) is 0.600. The highest BCUT2D eigenvalue weighted by Crippen LogP contribution is 2.35. The number of furan rings is 1. The molecule has 0 spiro atoms. The molecule has 104 valence electrons. The zero-order valence-corrected chi connectivity index (χ0v) is 11.9. The molecule has 2 heterocycles. The fourth-order valence-corrected chi connectivity index (χ4v) is 3.06. The normalized spacial score (nSPS) is 16.7. The topological polar surface area (TPSA) is 42.2 Å². The number of benzene rings is 2. The van der Waals surface area contributed by atoms with Gasteiger partial charge in [0.15, 0.2) is 11.3 Å². The van der Waals surface area contributed by atoms with Gasteiger partial charge in [0, 0.05) is 17.6 Å². The molecule has 1 aliphatic heterocycles. The molecule has 0 bridgehead atoms. The molecule has 0 aliphatic carbocycles. The molecule has 0 amide bonds. The first-order chi connectivity index (χ1) is 10.2. The number of ketones is 1. The van der Waals surface area contributed by atoms with Crippen molar-refractivity contribution in [1.82, 2.24) is 0 Å². The number of hydrogen-bond acceptors (Lipinski definition) is 3. The predicted octanol–water partition coefficient (Wildman–Crippen LogP) is 4.48. The Labute approximate surface area is 126 Å². The lowest BCUT2D eigenvalue weighted by atomic mass is 9.95. The number of rotatable bonds is 2. The molecule has 1 atom stereocenters. The van der Waals surface area contributed by atoms with Gasteiger partial charge in [-0.3, -0.25) is 4.79 Å². The van der Waals surface area contributed by atoms with Crippen LogP contribution in [0.5, 0.6) is 0 Å². The number of para-hydroxylation sites is 2. The molecule has 1 unspecified atom stereocenters. The Hall–Kier alpha value is -2.26. The Bertz CT molecular complexity index is 853. The second kappa shape index (κ2) is 4.64. The average Bonchev–Trinajstić information content (AvgIpc) is 3.11. The fourth-order valence-electron chi connectivity index (χ4n) is 2.84. The van der Waals surface area contributed by atoms with E-state index in [1.807, 2.05) is 36.4 Å². The number of fused-ring (bicyclic) bond motifs is 2. The highest BCUT2D eigenvalue weighted by molar-refractivity contribution is 6.34. The van der Waals surface area contributed by atoms with Crippen LogP contribution in [-0.4, -0.2) is 12.3 Å². The number of carbonyl (C=O) groups is 1. The van der Waals surface area contributed by atoms with Gasteiger partial charge in [0.2, 0.25) is 5.78 Å². The number of nitrogens with one attached hydrogen (secondary N) is 1. The van der Waals surface area contributed by atoms with E-state index in [1.165, 1.54) is 0 Å². The summed E-state index contributed by atoms with van der Waals surface area (Å²) in [5, 5.41) is 4.63. The van der Waals surface area contributed by atoms with Gasteiger partial charge in [0.05, 0.1) is 10.9 Å². The fraction of sp³-hybridized carbons (Fsp3) is 0.118. The zero-order chi connectivity index (χ0) is 14.4. The van der Waals surface area contributed by atoms with Crippen LogP contribution in [0.1, 0.15) is 22.0 Å². The van der Waals surface area contributed by atoms with Gasteiger partial charge in [-0.05, 0) is 23.8 Å². The van der Waals surface area contributed by atoms with Crippen molar-refractivity contribution in [2.75, 3.05) is 11.9 Å².